The van der Waals surface area contributed by atoms with Gasteiger partial charge in [0.05, 0.1) is 5.52 Å². The van der Waals surface area contributed by atoms with E-state index < -0.39 is 0 Å². The Balaban J connectivity index is 2.25. The van der Waals surface area contributed by atoms with Crippen LogP contribution in [0.2, 0.25) is 5.02 Å². The molecule has 5 heteroatoms. The summed E-state index contributed by atoms with van der Waals surface area (Å²) in [6, 6.07) is 9.54. The van der Waals surface area contributed by atoms with E-state index >= 15 is 0 Å². The van der Waals surface area contributed by atoms with Crippen molar-refractivity contribution < 1.29 is 0 Å². The van der Waals surface area contributed by atoms with Gasteiger partial charge in [0, 0.05) is 21.9 Å². The van der Waals surface area contributed by atoms with Gasteiger partial charge in [-0.2, -0.15) is 0 Å². The summed E-state index contributed by atoms with van der Waals surface area (Å²) < 4.78 is 0.645. The Morgan fingerprint density at radius 1 is 1.37 bits per heavy atom. The van der Waals surface area contributed by atoms with Crippen LogP contribution in [0, 0.1) is 0 Å². The number of nitrogens with one attached hydrogen (secondary N) is 1. The lowest BCUT2D eigenvalue weighted by Gasteiger charge is -1.98. The van der Waals surface area contributed by atoms with Crippen LogP contribution in [0.4, 0.5) is 0 Å². The number of aryl methyl sites for hydroxylation is 1. The van der Waals surface area contributed by atoms with Gasteiger partial charge >= 0.3 is 0 Å². The fourth-order valence-electron chi connectivity index (χ4n) is 1.95. The molecule has 0 aliphatic heterocycles. The van der Waals surface area contributed by atoms with Crippen LogP contribution >= 0.6 is 22.9 Å². The van der Waals surface area contributed by atoms with E-state index in [1.165, 1.54) is 11.3 Å². The number of H-pyrrole nitrogens is 1. The first kappa shape index (κ1) is 12.4. The number of aromatic nitrogens is 2. The molecule has 2 heterocycles. The monoisotopic (exact) mass is 290 g/mol. The smallest absolute Gasteiger partial charge is 0.268 e. The van der Waals surface area contributed by atoms with Crippen LogP contribution < -0.4 is 5.56 Å². The number of fused-ring (bicyclic) bond motifs is 1. The van der Waals surface area contributed by atoms with E-state index in [9.17, 15) is 4.79 Å². The molecule has 0 aliphatic rings. The summed E-state index contributed by atoms with van der Waals surface area (Å²) in [5.74, 6) is 0.709. The molecule has 3 nitrogen and oxygen atoms in total. The maximum atomic E-state index is 12.0. The van der Waals surface area contributed by atoms with Crippen molar-refractivity contribution in [1.29, 1.82) is 0 Å². The molecule has 0 spiro atoms. The van der Waals surface area contributed by atoms with Crippen molar-refractivity contribution in [2.45, 2.75) is 13.3 Å². The number of benzene rings is 1. The number of hydrogen-bond donors (Lipinski definition) is 1. The molecule has 3 aromatic rings. The summed E-state index contributed by atoms with van der Waals surface area (Å²) in [5, 5.41) is 0.682. The zero-order valence-corrected chi connectivity index (χ0v) is 11.8. The number of halogens is 1. The molecule has 0 aliphatic carbocycles. The summed E-state index contributed by atoms with van der Waals surface area (Å²) in [5.41, 5.74) is 1.59. The highest BCUT2D eigenvalue weighted by atomic mass is 35.5. The molecule has 1 N–H and O–H groups in total. The van der Waals surface area contributed by atoms with Crippen LogP contribution in [0.3, 0.4) is 0 Å². The minimum atomic E-state index is -0.0786. The first-order chi connectivity index (χ1) is 9.19. The van der Waals surface area contributed by atoms with Crippen molar-refractivity contribution in [3.8, 4) is 10.4 Å². The number of hydrogen-bond acceptors (Lipinski definition) is 3. The molecule has 0 fully saturated rings. The average molecular weight is 291 g/mol. The van der Waals surface area contributed by atoms with Crippen LogP contribution in [0.15, 0.2) is 35.1 Å². The summed E-state index contributed by atoms with van der Waals surface area (Å²) in [4.78, 5) is 20.2. The molecular formula is C14H11ClN2OS. The molecule has 1 aromatic carbocycles. The zero-order valence-electron chi connectivity index (χ0n) is 10.2. The highest BCUT2D eigenvalue weighted by Crippen LogP contribution is 2.34. The molecule has 0 amide bonds. The summed E-state index contributed by atoms with van der Waals surface area (Å²) in [7, 11) is 0. The van der Waals surface area contributed by atoms with Gasteiger partial charge in [0.15, 0.2) is 0 Å². The van der Waals surface area contributed by atoms with Gasteiger partial charge in [0.25, 0.3) is 5.56 Å². The third kappa shape index (κ3) is 2.17. The second-order valence-corrected chi connectivity index (χ2v) is 5.63. The van der Waals surface area contributed by atoms with Crippen molar-refractivity contribution in [2.24, 2.45) is 0 Å². The molecule has 0 saturated carbocycles. The van der Waals surface area contributed by atoms with Crippen LogP contribution in [0.25, 0.3) is 20.7 Å². The minimum Gasteiger partial charge on any atom is -0.309 e. The lowest BCUT2D eigenvalue weighted by atomic mass is 10.2. The molecule has 96 valence electrons. The molecule has 0 radical (unpaired) electrons. The van der Waals surface area contributed by atoms with Crippen LogP contribution in [-0.4, -0.2) is 9.97 Å². The van der Waals surface area contributed by atoms with E-state index in [1.54, 1.807) is 0 Å². The second kappa shape index (κ2) is 4.79. The van der Waals surface area contributed by atoms with Gasteiger partial charge in [-0.15, -0.1) is 11.3 Å². The van der Waals surface area contributed by atoms with E-state index in [-0.39, 0.29) is 5.56 Å². The standard InChI is InChI=1S/C14H11ClN2OS/c1-2-12-16-10-7-11(19-13(10)14(18)17-12)8-5-3-4-6-9(8)15/h3-7H,2H2,1H3,(H,16,17,18). The van der Waals surface area contributed by atoms with Crippen LogP contribution in [0.5, 0.6) is 0 Å². The SMILES string of the molecule is CCc1nc2cc(-c3ccccc3Cl)sc2c(=O)[nH]1. The normalized spacial score (nSPS) is 11.1. The highest BCUT2D eigenvalue weighted by Gasteiger charge is 2.11. The molecule has 0 bridgehead atoms. The molecule has 0 unspecified atom stereocenters. The fourth-order valence-corrected chi connectivity index (χ4v) is 3.27. The van der Waals surface area contributed by atoms with Crippen molar-refractivity contribution >= 4 is 33.2 Å². The largest absolute Gasteiger partial charge is 0.309 e. The minimum absolute atomic E-state index is 0.0786. The van der Waals surface area contributed by atoms with Crippen molar-refractivity contribution in [3.63, 3.8) is 0 Å². The van der Waals surface area contributed by atoms with Gasteiger partial charge in [-0.05, 0) is 12.1 Å². The maximum Gasteiger partial charge on any atom is 0.268 e. The van der Waals surface area contributed by atoms with Gasteiger partial charge in [-0.3, -0.25) is 4.79 Å². The summed E-state index contributed by atoms with van der Waals surface area (Å²) in [6.07, 6.45) is 0.711. The van der Waals surface area contributed by atoms with E-state index in [2.05, 4.69) is 9.97 Å². The van der Waals surface area contributed by atoms with Crippen LogP contribution in [-0.2, 0) is 6.42 Å². The predicted octanol–water partition coefficient (Wildman–Crippen LogP) is 3.87. The Morgan fingerprint density at radius 2 is 2.16 bits per heavy atom. The summed E-state index contributed by atoms with van der Waals surface area (Å²) >= 11 is 7.60. The molecular weight excluding hydrogens is 280 g/mol. The summed E-state index contributed by atoms with van der Waals surface area (Å²) in [6.45, 7) is 1.96. The van der Waals surface area contributed by atoms with Crippen molar-refractivity contribution in [3.05, 3.63) is 51.5 Å². The quantitative estimate of drug-likeness (QED) is 0.779. The number of rotatable bonds is 2. The fraction of sp³-hybridized carbons (Fsp3) is 0.143. The predicted molar refractivity (Wildman–Crippen MR) is 80.1 cm³/mol. The Morgan fingerprint density at radius 3 is 2.89 bits per heavy atom. The number of thiophene rings is 1. The average Bonchev–Trinajstić information content (AvgIpc) is 2.83. The molecule has 2 aromatic heterocycles. The van der Waals surface area contributed by atoms with Crippen molar-refractivity contribution in [1.82, 2.24) is 9.97 Å². The van der Waals surface area contributed by atoms with Gasteiger partial charge in [-0.25, -0.2) is 4.98 Å². The van der Waals surface area contributed by atoms with Gasteiger partial charge in [0.2, 0.25) is 0 Å². The topological polar surface area (TPSA) is 45.8 Å². The maximum absolute atomic E-state index is 12.0. The lowest BCUT2D eigenvalue weighted by molar-refractivity contribution is 0.946. The van der Waals surface area contributed by atoms with E-state index in [0.29, 0.717) is 22.0 Å². The molecule has 3 rings (SSSR count). The van der Waals surface area contributed by atoms with Crippen LogP contribution in [0.1, 0.15) is 12.7 Å². The molecule has 0 saturated heterocycles. The van der Waals surface area contributed by atoms with E-state index in [0.717, 1.165) is 16.0 Å². The van der Waals surface area contributed by atoms with Gasteiger partial charge < -0.3 is 4.98 Å². The first-order valence-electron chi connectivity index (χ1n) is 5.96. The Bertz CT molecular complexity index is 807. The lowest BCUT2D eigenvalue weighted by Crippen LogP contribution is -2.09. The van der Waals surface area contributed by atoms with Gasteiger partial charge in [0.1, 0.15) is 10.5 Å². The van der Waals surface area contributed by atoms with Gasteiger partial charge in [-0.1, -0.05) is 36.7 Å². The third-order valence-corrected chi connectivity index (χ3v) is 4.39. The first-order valence-corrected chi connectivity index (χ1v) is 7.16. The van der Waals surface area contributed by atoms with E-state index in [4.69, 9.17) is 11.6 Å². The Kier molecular flexibility index (Phi) is 3.12. The number of aromatic amines is 1. The molecule has 0 atom stereocenters. The highest BCUT2D eigenvalue weighted by molar-refractivity contribution is 7.22. The number of nitrogens with zero attached hydrogens (tertiary/aromatic N) is 1. The van der Waals surface area contributed by atoms with E-state index in [1.807, 2.05) is 37.3 Å². The Hall–Kier alpha value is -1.65. The third-order valence-electron chi connectivity index (χ3n) is 2.91. The second-order valence-electron chi connectivity index (χ2n) is 4.17. The molecule has 19 heavy (non-hydrogen) atoms. The Labute approximate surface area is 118 Å². The zero-order chi connectivity index (χ0) is 13.4. The van der Waals surface area contributed by atoms with Crippen molar-refractivity contribution in [2.75, 3.05) is 0 Å².